The summed E-state index contributed by atoms with van der Waals surface area (Å²) in [5.74, 6) is -0.479. The second kappa shape index (κ2) is 6.73. The van der Waals surface area contributed by atoms with Crippen molar-refractivity contribution in [2.24, 2.45) is 11.7 Å². The first-order chi connectivity index (χ1) is 8.03. The number of rotatable bonds is 5. The summed E-state index contributed by atoms with van der Waals surface area (Å²) < 4.78 is 5.29. The Morgan fingerprint density at radius 3 is 2.06 bits per heavy atom. The van der Waals surface area contributed by atoms with Crippen molar-refractivity contribution in [3.8, 4) is 0 Å². The van der Waals surface area contributed by atoms with Gasteiger partial charge in [0.05, 0.1) is 6.04 Å². The lowest BCUT2D eigenvalue weighted by Gasteiger charge is -2.26. The normalized spacial score (nSPS) is 15.1. The fraction of sp³-hybridized carbons (Fsp3) is 0.846. The molecule has 0 saturated carbocycles. The van der Waals surface area contributed by atoms with Gasteiger partial charge in [-0.25, -0.2) is 4.79 Å². The first kappa shape index (κ1) is 16.9. The molecule has 0 bridgehead atoms. The summed E-state index contributed by atoms with van der Waals surface area (Å²) in [6.07, 6.45) is 0.535. The lowest BCUT2D eigenvalue weighted by Crippen LogP contribution is -2.49. The van der Waals surface area contributed by atoms with Gasteiger partial charge in [-0.2, -0.15) is 0 Å². The molecular weight excluding hydrogens is 232 g/mol. The van der Waals surface area contributed by atoms with E-state index in [1.807, 2.05) is 13.8 Å². The van der Waals surface area contributed by atoms with Crippen LogP contribution in [0.2, 0.25) is 0 Å². The van der Waals surface area contributed by atoms with Crippen LogP contribution < -0.4 is 11.1 Å². The van der Waals surface area contributed by atoms with Crippen LogP contribution in [0, 0.1) is 5.92 Å². The molecule has 0 saturated heterocycles. The smallest absolute Gasteiger partial charge is 0.329 e. The van der Waals surface area contributed by atoms with Crippen molar-refractivity contribution in [2.75, 3.05) is 0 Å². The quantitative estimate of drug-likeness (QED) is 0.726. The predicted molar refractivity (Wildman–Crippen MR) is 70.9 cm³/mol. The fourth-order valence-corrected chi connectivity index (χ4v) is 1.36. The number of carbonyl (C=O) groups excluding carboxylic acids is 2. The molecule has 5 nitrogen and oxygen atoms in total. The van der Waals surface area contributed by atoms with Gasteiger partial charge in [0, 0.05) is 0 Å². The number of nitrogens with one attached hydrogen (secondary N) is 1. The van der Waals surface area contributed by atoms with Gasteiger partial charge in [0.2, 0.25) is 5.91 Å². The van der Waals surface area contributed by atoms with Crippen molar-refractivity contribution < 1.29 is 14.3 Å². The van der Waals surface area contributed by atoms with Gasteiger partial charge in [-0.1, -0.05) is 13.8 Å². The molecule has 3 N–H and O–H groups in total. The number of esters is 1. The molecule has 0 aromatic rings. The molecule has 0 unspecified atom stereocenters. The highest BCUT2D eigenvalue weighted by Gasteiger charge is 2.27. The van der Waals surface area contributed by atoms with Crippen molar-refractivity contribution in [3.63, 3.8) is 0 Å². The average Bonchev–Trinajstić information content (AvgIpc) is 2.12. The summed E-state index contributed by atoms with van der Waals surface area (Å²) in [6.45, 7) is 10.9. The topological polar surface area (TPSA) is 81.4 Å². The summed E-state index contributed by atoms with van der Waals surface area (Å²) >= 11 is 0. The Bertz CT molecular complexity index is 293. The highest BCUT2D eigenvalue weighted by molar-refractivity contribution is 5.87. The molecule has 0 spiro atoms. The minimum absolute atomic E-state index is 0.274. The number of hydrogen-bond donors (Lipinski definition) is 2. The summed E-state index contributed by atoms with van der Waals surface area (Å²) in [4.78, 5) is 23.5. The van der Waals surface area contributed by atoms with Gasteiger partial charge < -0.3 is 15.8 Å². The Labute approximate surface area is 109 Å². The number of ether oxygens (including phenoxy) is 1. The van der Waals surface area contributed by atoms with Crippen LogP contribution in [0.1, 0.15) is 48.0 Å². The van der Waals surface area contributed by atoms with Gasteiger partial charge in [0.15, 0.2) is 0 Å². The van der Waals surface area contributed by atoms with Crippen LogP contribution in [-0.2, 0) is 14.3 Å². The standard InChI is InChI=1S/C13H26N2O3/c1-8(2)7-10(15-11(16)9(3)14)12(17)18-13(4,5)6/h8-10H,7,14H2,1-6H3,(H,15,16)/t9-,10-/m0/s1. The maximum atomic E-state index is 12.0. The number of hydrogen-bond acceptors (Lipinski definition) is 4. The molecule has 2 atom stereocenters. The fourth-order valence-electron chi connectivity index (χ4n) is 1.36. The predicted octanol–water partition coefficient (Wildman–Crippen LogP) is 1.21. The molecule has 0 fully saturated rings. The summed E-state index contributed by atoms with van der Waals surface area (Å²) in [5.41, 5.74) is 4.91. The Morgan fingerprint density at radius 1 is 1.22 bits per heavy atom. The summed E-state index contributed by atoms with van der Waals surface area (Å²) in [6, 6.07) is -1.27. The number of nitrogens with two attached hydrogens (primary N) is 1. The molecule has 0 heterocycles. The van der Waals surface area contributed by atoms with Crippen LogP contribution >= 0.6 is 0 Å². The zero-order chi connectivity index (χ0) is 14.5. The van der Waals surface area contributed by atoms with E-state index < -0.39 is 23.7 Å². The molecule has 0 aromatic heterocycles. The molecule has 5 heteroatoms. The molecular formula is C13H26N2O3. The van der Waals surface area contributed by atoms with Crippen LogP contribution in [0.5, 0.6) is 0 Å². The molecule has 0 aliphatic carbocycles. The minimum Gasteiger partial charge on any atom is -0.458 e. The lowest BCUT2D eigenvalue weighted by molar-refractivity contribution is -0.159. The highest BCUT2D eigenvalue weighted by Crippen LogP contribution is 2.12. The lowest BCUT2D eigenvalue weighted by atomic mass is 10.0. The monoisotopic (exact) mass is 258 g/mol. The molecule has 0 radical (unpaired) electrons. The first-order valence-electron chi connectivity index (χ1n) is 6.31. The van der Waals surface area contributed by atoms with Crippen molar-refractivity contribution in [1.82, 2.24) is 5.32 Å². The van der Waals surface area contributed by atoms with Gasteiger partial charge in [0.25, 0.3) is 0 Å². The number of carbonyl (C=O) groups is 2. The molecule has 0 aromatic carbocycles. The SMILES string of the molecule is CC(C)C[C@H](NC(=O)[C@H](C)N)C(=O)OC(C)(C)C. The molecule has 0 aliphatic rings. The van der Waals surface area contributed by atoms with E-state index in [2.05, 4.69) is 5.32 Å². The van der Waals surface area contributed by atoms with E-state index in [1.54, 1.807) is 27.7 Å². The van der Waals surface area contributed by atoms with Crippen molar-refractivity contribution in [2.45, 2.75) is 65.6 Å². The summed E-state index contributed by atoms with van der Waals surface area (Å²) in [5, 5.41) is 2.63. The largest absolute Gasteiger partial charge is 0.458 e. The van der Waals surface area contributed by atoms with Crippen LogP contribution in [0.25, 0.3) is 0 Å². The molecule has 0 aliphatic heterocycles. The maximum absolute atomic E-state index is 12.0. The van der Waals surface area contributed by atoms with Gasteiger partial charge in [0.1, 0.15) is 11.6 Å². The van der Waals surface area contributed by atoms with Gasteiger partial charge >= 0.3 is 5.97 Å². The Kier molecular flexibility index (Phi) is 6.32. The van der Waals surface area contributed by atoms with E-state index in [0.717, 1.165) is 0 Å². The van der Waals surface area contributed by atoms with Crippen LogP contribution in [-0.4, -0.2) is 29.6 Å². The van der Waals surface area contributed by atoms with E-state index in [0.29, 0.717) is 6.42 Å². The molecule has 1 amide bonds. The van der Waals surface area contributed by atoms with E-state index >= 15 is 0 Å². The van der Waals surface area contributed by atoms with Crippen molar-refractivity contribution >= 4 is 11.9 Å². The maximum Gasteiger partial charge on any atom is 0.329 e. The zero-order valence-corrected chi connectivity index (χ0v) is 12.2. The third-order valence-electron chi connectivity index (χ3n) is 2.13. The minimum atomic E-state index is -0.637. The third kappa shape index (κ3) is 7.27. The van der Waals surface area contributed by atoms with E-state index in [4.69, 9.17) is 10.5 Å². The van der Waals surface area contributed by atoms with E-state index in [-0.39, 0.29) is 11.8 Å². The zero-order valence-electron chi connectivity index (χ0n) is 12.2. The van der Waals surface area contributed by atoms with Crippen LogP contribution in [0.4, 0.5) is 0 Å². The Morgan fingerprint density at radius 2 is 1.72 bits per heavy atom. The second-order valence-electron chi connectivity index (χ2n) is 6.01. The van der Waals surface area contributed by atoms with E-state index in [9.17, 15) is 9.59 Å². The Balaban J connectivity index is 4.67. The van der Waals surface area contributed by atoms with Crippen molar-refractivity contribution in [1.29, 1.82) is 0 Å². The molecule has 18 heavy (non-hydrogen) atoms. The second-order valence-corrected chi connectivity index (χ2v) is 6.01. The molecule has 106 valence electrons. The summed E-state index contributed by atoms with van der Waals surface area (Å²) in [7, 11) is 0. The van der Waals surface area contributed by atoms with Crippen LogP contribution in [0.3, 0.4) is 0 Å². The van der Waals surface area contributed by atoms with E-state index in [1.165, 1.54) is 0 Å². The van der Waals surface area contributed by atoms with Crippen LogP contribution in [0.15, 0.2) is 0 Å². The third-order valence-corrected chi connectivity index (χ3v) is 2.13. The first-order valence-corrected chi connectivity index (χ1v) is 6.31. The number of amides is 1. The van der Waals surface area contributed by atoms with Crippen molar-refractivity contribution in [3.05, 3.63) is 0 Å². The van der Waals surface area contributed by atoms with Gasteiger partial charge in [-0.15, -0.1) is 0 Å². The van der Waals surface area contributed by atoms with Gasteiger partial charge in [-0.05, 0) is 40.0 Å². The Hall–Kier alpha value is -1.10. The highest BCUT2D eigenvalue weighted by atomic mass is 16.6. The average molecular weight is 258 g/mol. The molecule has 0 rings (SSSR count). The van der Waals surface area contributed by atoms with Gasteiger partial charge in [-0.3, -0.25) is 4.79 Å².